The van der Waals surface area contributed by atoms with Crippen molar-refractivity contribution in [2.45, 2.75) is 58.6 Å². The van der Waals surface area contributed by atoms with Crippen LogP contribution in [0, 0.1) is 13.8 Å². The highest BCUT2D eigenvalue weighted by atomic mass is 16.5. The van der Waals surface area contributed by atoms with Crippen LogP contribution in [-0.2, 0) is 11.3 Å². The van der Waals surface area contributed by atoms with Gasteiger partial charge in [-0.25, -0.2) is 0 Å². The van der Waals surface area contributed by atoms with Crippen LogP contribution < -0.4 is 14.8 Å². The molecule has 2 aromatic rings. The van der Waals surface area contributed by atoms with Gasteiger partial charge < -0.3 is 19.9 Å². The molecule has 1 atom stereocenters. The molecule has 1 saturated heterocycles. The molecule has 6 nitrogen and oxygen atoms in total. The van der Waals surface area contributed by atoms with E-state index in [1.165, 1.54) is 18.1 Å². The van der Waals surface area contributed by atoms with Gasteiger partial charge in [-0.05, 0) is 75.4 Å². The molecule has 0 radical (unpaired) electrons. The zero-order chi connectivity index (χ0) is 23.7. The largest absolute Gasteiger partial charge is 0.494 e. The van der Waals surface area contributed by atoms with Crippen molar-refractivity contribution in [3.8, 4) is 11.5 Å². The van der Waals surface area contributed by atoms with Crippen molar-refractivity contribution >= 4 is 5.91 Å². The number of nitrogens with zero attached hydrogens (tertiary/aromatic N) is 1. The van der Waals surface area contributed by atoms with Crippen molar-refractivity contribution in [3.63, 3.8) is 0 Å². The number of rotatable bonds is 10. The van der Waals surface area contributed by atoms with Gasteiger partial charge in [0, 0.05) is 26.6 Å². The summed E-state index contributed by atoms with van der Waals surface area (Å²) >= 11 is 0. The van der Waals surface area contributed by atoms with Gasteiger partial charge >= 0.3 is 0 Å². The van der Waals surface area contributed by atoms with E-state index in [9.17, 15) is 9.90 Å². The number of ether oxygens (including phenoxy) is 2. The molecular weight excluding hydrogens is 416 g/mol. The second-order valence-electron chi connectivity index (χ2n) is 9.24. The highest BCUT2D eigenvalue weighted by Gasteiger charge is 2.31. The Labute approximate surface area is 197 Å². The number of likely N-dealkylation sites (tertiary alicyclic amines) is 1. The van der Waals surface area contributed by atoms with E-state index in [1.54, 1.807) is 0 Å². The number of amides is 1. The highest BCUT2D eigenvalue weighted by Crippen LogP contribution is 2.26. The summed E-state index contributed by atoms with van der Waals surface area (Å²) < 4.78 is 11.8. The van der Waals surface area contributed by atoms with E-state index in [0.717, 1.165) is 56.0 Å². The minimum absolute atomic E-state index is 0.0137. The summed E-state index contributed by atoms with van der Waals surface area (Å²) in [5.74, 6) is 1.68. The van der Waals surface area contributed by atoms with Gasteiger partial charge in [0.05, 0.1) is 12.2 Å². The Morgan fingerprint density at radius 1 is 1.09 bits per heavy atom. The topological polar surface area (TPSA) is 71.0 Å². The Bertz CT molecular complexity index is 899. The molecule has 0 aromatic heterocycles. The SMILES string of the molecule is CC(=O)NCCCOc1ccc(CN2CCC[C@@](O)(COc3ccc(C)cc3C)CC2)cc1. The van der Waals surface area contributed by atoms with Crippen LogP contribution in [0.1, 0.15) is 49.3 Å². The Hall–Kier alpha value is -2.57. The summed E-state index contributed by atoms with van der Waals surface area (Å²) in [6.07, 6.45) is 3.18. The van der Waals surface area contributed by atoms with E-state index in [2.05, 4.69) is 35.3 Å². The zero-order valence-electron chi connectivity index (χ0n) is 20.2. The van der Waals surface area contributed by atoms with E-state index >= 15 is 0 Å². The third-order valence-corrected chi connectivity index (χ3v) is 6.13. The number of benzene rings is 2. The maximum absolute atomic E-state index is 11.1. The minimum Gasteiger partial charge on any atom is -0.494 e. The fourth-order valence-corrected chi connectivity index (χ4v) is 4.19. The molecule has 0 unspecified atom stereocenters. The van der Waals surface area contributed by atoms with E-state index in [0.29, 0.717) is 26.2 Å². The van der Waals surface area contributed by atoms with Crippen molar-refractivity contribution < 1.29 is 19.4 Å². The molecule has 6 heteroatoms. The van der Waals surface area contributed by atoms with Crippen LogP contribution >= 0.6 is 0 Å². The molecule has 3 rings (SSSR count). The third-order valence-electron chi connectivity index (χ3n) is 6.13. The summed E-state index contributed by atoms with van der Waals surface area (Å²) in [7, 11) is 0. The van der Waals surface area contributed by atoms with Crippen LogP contribution in [-0.4, -0.2) is 54.4 Å². The Morgan fingerprint density at radius 3 is 2.61 bits per heavy atom. The Kier molecular flexibility index (Phi) is 9.15. The lowest BCUT2D eigenvalue weighted by Crippen LogP contribution is -2.37. The maximum Gasteiger partial charge on any atom is 0.216 e. The molecule has 1 aliphatic rings. The maximum atomic E-state index is 11.1. The summed E-state index contributed by atoms with van der Waals surface area (Å²) in [6.45, 7) is 9.84. The van der Waals surface area contributed by atoms with Crippen molar-refractivity contribution in [2.24, 2.45) is 0 Å². The van der Waals surface area contributed by atoms with Gasteiger partial charge in [-0.15, -0.1) is 0 Å². The number of carbonyl (C=O) groups is 1. The van der Waals surface area contributed by atoms with Crippen LogP contribution in [0.3, 0.4) is 0 Å². The number of aliphatic hydroxyl groups is 1. The molecule has 180 valence electrons. The van der Waals surface area contributed by atoms with E-state index < -0.39 is 5.60 Å². The van der Waals surface area contributed by atoms with Crippen LogP contribution in [0.5, 0.6) is 11.5 Å². The van der Waals surface area contributed by atoms with Gasteiger partial charge in [0.1, 0.15) is 18.1 Å². The van der Waals surface area contributed by atoms with Gasteiger partial charge in [0.2, 0.25) is 5.91 Å². The summed E-state index contributed by atoms with van der Waals surface area (Å²) in [6, 6.07) is 14.3. The first-order chi connectivity index (χ1) is 15.8. The molecule has 2 aromatic carbocycles. The van der Waals surface area contributed by atoms with Crippen LogP contribution in [0.2, 0.25) is 0 Å². The molecule has 0 saturated carbocycles. The average molecular weight is 455 g/mol. The zero-order valence-corrected chi connectivity index (χ0v) is 20.2. The average Bonchev–Trinajstić information content (AvgIpc) is 2.95. The van der Waals surface area contributed by atoms with Crippen molar-refractivity contribution in [1.29, 1.82) is 0 Å². The fourth-order valence-electron chi connectivity index (χ4n) is 4.19. The lowest BCUT2D eigenvalue weighted by molar-refractivity contribution is -0.118. The number of hydrogen-bond acceptors (Lipinski definition) is 5. The smallest absolute Gasteiger partial charge is 0.216 e. The lowest BCUT2D eigenvalue weighted by atomic mass is 9.96. The lowest BCUT2D eigenvalue weighted by Gasteiger charge is -2.27. The van der Waals surface area contributed by atoms with Gasteiger partial charge in [-0.3, -0.25) is 9.69 Å². The van der Waals surface area contributed by atoms with Crippen molar-refractivity contribution in [2.75, 3.05) is 32.8 Å². The van der Waals surface area contributed by atoms with Crippen LogP contribution in [0.15, 0.2) is 42.5 Å². The van der Waals surface area contributed by atoms with Crippen molar-refractivity contribution in [1.82, 2.24) is 10.2 Å². The predicted molar refractivity (Wildman–Crippen MR) is 131 cm³/mol. The predicted octanol–water partition coefficient (Wildman–Crippen LogP) is 4.00. The summed E-state index contributed by atoms with van der Waals surface area (Å²) in [5, 5.41) is 13.9. The molecule has 1 aliphatic heterocycles. The van der Waals surface area contributed by atoms with Crippen molar-refractivity contribution in [3.05, 3.63) is 59.2 Å². The number of carbonyl (C=O) groups excluding carboxylic acids is 1. The molecule has 0 aliphatic carbocycles. The molecule has 1 fully saturated rings. The van der Waals surface area contributed by atoms with Gasteiger partial charge in [-0.2, -0.15) is 0 Å². The second kappa shape index (κ2) is 12.1. The molecule has 1 amide bonds. The first-order valence-corrected chi connectivity index (χ1v) is 11.9. The fraction of sp³-hybridized carbons (Fsp3) is 0.519. The summed E-state index contributed by atoms with van der Waals surface area (Å²) in [4.78, 5) is 13.3. The standard InChI is InChI=1S/C27H38N2O4/c1-21-6-11-26(22(2)18-21)33-20-27(31)12-4-15-29(16-13-27)19-24-7-9-25(10-8-24)32-17-5-14-28-23(3)30/h6-11,18,31H,4-5,12-17,19-20H2,1-3H3,(H,28,30)/t27-/m0/s1. The Morgan fingerprint density at radius 2 is 1.88 bits per heavy atom. The Balaban J connectivity index is 1.43. The normalized spacial score (nSPS) is 19.0. The highest BCUT2D eigenvalue weighted by molar-refractivity contribution is 5.72. The molecule has 0 bridgehead atoms. The molecular formula is C27H38N2O4. The number of nitrogens with one attached hydrogen (secondary N) is 1. The van der Waals surface area contributed by atoms with E-state index in [4.69, 9.17) is 9.47 Å². The van der Waals surface area contributed by atoms with Crippen LogP contribution in [0.4, 0.5) is 0 Å². The molecule has 1 heterocycles. The van der Waals surface area contributed by atoms with Gasteiger partial charge in [-0.1, -0.05) is 29.8 Å². The minimum atomic E-state index is -0.791. The first-order valence-electron chi connectivity index (χ1n) is 11.9. The molecule has 0 spiro atoms. The number of aryl methyl sites for hydroxylation is 2. The van der Waals surface area contributed by atoms with Gasteiger partial charge in [0.25, 0.3) is 0 Å². The monoisotopic (exact) mass is 454 g/mol. The first kappa shape index (κ1) is 25.1. The van der Waals surface area contributed by atoms with Gasteiger partial charge in [0.15, 0.2) is 0 Å². The number of hydrogen-bond donors (Lipinski definition) is 2. The summed E-state index contributed by atoms with van der Waals surface area (Å²) in [5.41, 5.74) is 2.76. The molecule has 33 heavy (non-hydrogen) atoms. The quantitative estimate of drug-likeness (QED) is 0.531. The van der Waals surface area contributed by atoms with E-state index in [-0.39, 0.29) is 5.91 Å². The third kappa shape index (κ3) is 8.37. The van der Waals surface area contributed by atoms with Crippen LogP contribution in [0.25, 0.3) is 0 Å². The second-order valence-corrected chi connectivity index (χ2v) is 9.24. The molecule has 2 N–H and O–H groups in total. The van der Waals surface area contributed by atoms with E-state index in [1.807, 2.05) is 31.2 Å².